The zero-order valence-electron chi connectivity index (χ0n) is 10.8. The minimum atomic E-state index is -0.0699. The van der Waals surface area contributed by atoms with E-state index in [0.29, 0.717) is 25.2 Å². The number of hydrogen-bond acceptors (Lipinski definition) is 3. The number of nitrogens with zero attached hydrogens (tertiary/aromatic N) is 3. The van der Waals surface area contributed by atoms with Gasteiger partial charge in [-0.1, -0.05) is 12.1 Å². The van der Waals surface area contributed by atoms with Crippen LogP contribution >= 0.6 is 0 Å². The van der Waals surface area contributed by atoms with Gasteiger partial charge in [-0.2, -0.15) is 5.26 Å². The van der Waals surface area contributed by atoms with Gasteiger partial charge in [-0.25, -0.2) is 0 Å². The predicted octanol–water partition coefficient (Wildman–Crippen LogP) is 0.749. The first kappa shape index (κ1) is 13.1. The van der Waals surface area contributed by atoms with Crippen LogP contribution in [0.4, 0.5) is 0 Å². The topological polar surface area (TPSA) is 64.4 Å². The van der Waals surface area contributed by atoms with Crippen molar-refractivity contribution < 1.29 is 9.59 Å². The number of amides is 2. The van der Waals surface area contributed by atoms with Gasteiger partial charge in [0, 0.05) is 26.6 Å². The number of hydrogen-bond donors (Lipinski definition) is 0. The van der Waals surface area contributed by atoms with E-state index < -0.39 is 0 Å². The third-order valence-corrected chi connectivity index (χ3v) is 3.19. The molecule has 0 aliphatic carbocycles. The van der Waals surface area contributed by atoms with Crippen LogP contribution in [-0.2, 0) is 16.1 Å². The highest BCUT2D eigenvalue weighted by Gasteiger charge is 2.25. The fourth-order valence-corrected chi connectivity index (χ4v) is 2.10. The summed E-state index contributed by atoms with van der Waals surface area (Å²) in [6.45, 7) is 3.21. The van der Waals surface area contributed by atoms with Crippen LogP contribution in [0, 0.1) is 11.3 Å². The summed E-state index contributed by atoms with van der Waals surface area (Å²) in [5, 5.41) is 8.84. The summed E-state index contributed by atoms with van der Waals surface area (Å²) in [5.41, 5.74) is 1.52. The van der Waals surface area contributed by atoms with Crippen molar-refractivity contribution in [3.63, 3.8) is 0 Å². The number of carbonyl (C=O) groups is 2. The second-order valence-corrected chi connectivity index (χ2v) is 4.57. The molecule has 0 N–H and O–H groups in total. The average molecular weight is 257 g/mol. The van der Waals surface area contributed by atoms with Crippen molar-refractivity contribution in [1.82, 2.24) is 9.80 Å². The SMILES string of the molecule is CC(=O)N1CCN(Cc2cccc(C#N)c2)C(=O)C1. The van der Waals surface area contributed by atoms with Crippen LogP contribution in [0.3, 0.4) is 0 Å². The van der Waals surface area contributed by atoms with Crippen molar-refractivity contribution in [3.8, 4) is 6.07 Å². The fourth-order valence-electron chi connectivity index (χ4n) is 2.10. The van der Waals surface area contributed by atoms with Gasteiger partial charge in [0.2, 0.25) is 11.8 Å². The van der Waals surface area contributed by atoms with E-state index in [2.05, 4.69) is 6.07 Å². The van der Waals surface area contributed by atoms with Gasteiger partial charge in [-0.15, -0.1) is 0 Å². The minimum Gasteiger partial charge on any atom is -0.335 e. The summed E-state index contributed by atoms with van der Waals surface area (Å²) < 4.78 is 0. The first-order chi connectivity index (χ1) is 9.10. The highest BCUT2D eigenvalue weighted by molar-refractivity contribution is 5.85. The number of carbonyl (C=O) groups excluding carboxylic acids is 2. The third-order valence-electron chi connectivity index (χ3n) is 3.19. The van der Waals surface area contributed by atoms with Gasteiger partial charge < -0.3 is 9.80 Å². The van der Waals surface area contributed by atoms with Crippen molar-refractivity contribution in [2.24, 2.45) is 0 Å². The van der Waals surface area contributed by atoms with E-state index in [1.165, 1.54) is 6.92 Å². The van der Waals surface area contributed by atoms with Crippen LogP contribution in [0.1, 0.15) is 18.1 Å². The van der Waals surface area contributed by atoms with Crippen LogP contribution in [-0.4, -0.2) is 41.2 Å². The van der Waals surface area contributed by atoms with Crippen molar-refractivity contribution in [2.75, 3.05) is 19.6 Å². The molecule has 98 valence electrons. The maximum absolute atomic E-state index is 11.9. The van der Waals surface area contributed by atoms with Gasteiger partial charge in [-0.05, 0) is 17.7 Å². The second kappa shape index (κ2) is 5.53. The van der Waals surface area contributed by atoms with Crippen LogP contribution < -0.4 is 0 Å². The molecule has 0 atom stereocenters. The Bertz CT molecular complexity index is 548. The summed E-state index contributed by atoms with van der Waals surface area (Å²) in [6.07, 6.45) is 0. The summed E-state index contributed by atoms with van der Waals surface area (Å²) in [7, 11) is 0. The van der Waals surface area contributed by atoms with Gasteiger partial charge in [-0.3, -0.25) is 9.59 Å². The average Bonchev–Trinajstić information content (AvgIpc) is 2.41. The molecule has 2 rings (SSSR count). The Morgan fingerprint density at radius 3 is 2.84 bits per heavy atom. The molecule has 0 radical (unpaired) electrons. The van der Waals surface area contributed by atoms with Crippen molar-refractivity contribution in [2.45, 2.75) is 13.5 Å². The Hall–Kier alpha value is -2.35. The zero-order valence-corrected chi connectivity index (χ0v) is 10.8. The summed E-state index contributed by atoms with van der Waals surface area (Å²) >= 11 is 0. The molecule has 1 saturated heterocycles. The number of piperazine rings is 1. The molecule has 1 heterocycles. The van der Waals surface area contributed by atoms with Gasteiger partial charge in [0.05, 0.1) is 18.2 Å². The van der Waals surface area contributed by atoms with E-state index in [9.17, 15) is 9.59 Å². The van der Waals surface area contributed by atoms with E-state index in [1.807, 2.05) is 12.1 Å². The first-order valence-electron chi connectivity index (χ1n) is 6.12. The molecule has 5 heteroatoms. The molecule has 0 bridgehead atoms. The molecular formula is C14H15N3O2. The van der Waals surface area contributed by atoms with Crippen molar-refractivity contribution in [1.29, 1.82) is 5.26 Å². The maximum atomic E-state index is 11.9. The van der Waals surface area contributed by atoms with Gasteiger partial charge >= 0.3 is 0 Å². The molecular weight excluding hydrogens is 242 g/mol. The third kappa shape index (κ3) is 3.10. The fraction of sp³-hybridized carbons (Fsp3) is 0.357. The maximum Gasteiger partial charge on any atom is 0.242 e. The van der Waals surface area contributed by atoms with Gasteiger partial charge in [0.15, 0.2) is 0 Å². The smallest absolute Gasteiger partial charge is 0.242 e. The van der Waals surface area contributed by atoms with Crippen LogP contribution in [0.15, 0.2) is 24.3 Å². The lowest BCUT2D eigenvalue weighted by molar-refractivity contribution is -0.144. The second-order valence-electron chi connectivity index (χ2n) is 4.57. The molecule has 1 fully saturated rings. The number of rotatable bonds is 2. The molecule has 1 aromatic carbocycles. The first-order valence-corrected chi connectivity index (χ1v) is 6.12. The molecule has 2 amide bonds. The van der Waals surface area contributed by atoms with Crippen LogP contribution in [0.5, 0.6) is 0 Å². The largest absolute Gasteiger partial charge is 0.335 e. The summed E-state index contributed by atoms with van der Waals surface area (Å²) in [6, 6.07) is 9.30. The lowest BCUT2D eigenvalue weighted by Crippen LogP contribution is -2.51. The monoisotopic (exact) mass is 257 g/mol. The predicted molar refractivity (Wildman–Crippen MR) is 68.8 cm³/mol. The zero-order chi connectivity index (χ0) is 13.8. The lowest BCUT2D eigenvalue weighted by atomic mass is 10.1. The van der Waals surface area contributed by atoms with Gasteiger partial charge in [0.1, 0.15) is 0 Å². The number of benzene rings is 1. The molecule has 1 aliphatic heterocycles. The quantitative estimate of drug-likeness (QED) is 0.785. The molecule has 0 unspecified atom stereocenters. The highest BCUT2D eigenvalue weighted by atomic mass is 16.2. The van der Waals surface area contributed by atoms with Crippen LogP contribution in [0.25, 0.3) is 0 Å². The Kier molecular flexibility index (Phi) is 3.81. The normalized spacial score (nSPS) is 15.3. The standard InChI is InChI=1S/C14H15N3O2/c1-11(18)16-5-6-17(14(19)10-16)9-13-4-2-3-12(7-13)8-15/h2-4,7H,5-6,9-10H2,1H3. The Balaban J connectivity index is 2.02. The van der Waals surface area contributed by atoms with E-state index in [0.717, 1.165) is 5.56 Å². The summed E-state index contributed by atoms with van der Waals surface area (Å²) in [5.74, 6) is -0.122. The van der Waals surface area contributed by atoms with E-state index in [4.69, 9.17) is 5.26 Å². The van der Waals surface area contributed by atoms with Crippen molar-refractivity contribution >= 4 is 11.8 Å². The lowest BCUT2D eigenvalue weighted by Gasteiger charge is -2.33. The van der Waals surface area contributed by atoms with Gasteiger partial charge in [0.25, 0.3) is 0 Å². The molecule has 0 spiro atoms. The highest BCUT2D eigenvalue weighted by Crippen LogP contribution is 2.11. The summed E-state index contributed by atoms with van der Waals surface area (Å²) in [4.78, 5) is 26.4. The molecule has 0 aromatic heterocycles. The van der Waals surface area contributed by atoms with E-state index in [1.54, 1.807) is 21.9 Å². The molecule has 0 saturated carbocycles. The molecule has 19 heavy (non-hydrogen) atoms. The Morgan fingerprint density at radius 1 is 1.42 bits per heavy atom. The Morgan fingerprint density at radius 2 is 2.21 bits per heavy atom. The molecule has 5 nitrogen and oxygen atoms in total. The van der Waals surface area contributed by atoms with Crippen LogP contribution in [0.2, 0.25) is 0 Å². The molecule has 1 aromatic rings. The minimum absolute atomic E-state index is 0.0520. The molecule has 1 aliphatic rings. The van der Waals surface area contributed by atoms with E-state index in [-0.39, 0.29) is 18.4 Å². The Labute approximate surface area is 112 Å². The number of nitriles is 1. The van der Waals surface area contributed by atoms with Crippen molar-refractivity contribution in [3.05, 3.63) is 35.4 Å². The van der Waals surface area contributed by atoms with E-state index >= 15 is 0 Å².